The van der Waals surface area contributed by atoms with Crippen molar-refractivity contribution in [1.29, 1.82) is 0 Å². The molecule has 4 nitrogen and oxygen atoms in total. The quantitative estimate of drug-likeness (QED) is 0.914. The summed E-state index contributed by atoms with van der Waals surface area (Å²) in [6, 6.07) is 6.92. The van der Waals surface area contributed by atoms with Gasteiger partial charge >= 0.3 is 0 Å². The summed E-state index contributed by atoms with van der Waals surface area (Å²) in [7, 11) is 0. The van der Waals surface area contributed by atoms with E-state index in [1.54, 1.807) is 19.1 Å². The highest BCUT2D eigenvalue weighted by atomic mass is 79.9. The molecule has 2 N–H and O–H groups in total. The lowest BCUT2D eigenvalue weighted by Gasteiger charge is -2.08. The predicted octanol–water partition coefficient (Wildman–Crippen LogP) is 2.31. The van der Waals surface area contributed by atoms with Crippen LogP contribution in [0.4, 0.5) is 0 Å². The second-order valence-corrected chi connectivity index (χ2v) is 4.77. The molecule has 0 unspecified atom stereocenters. The van der Waals surface area contributed by atoms with E-state index >= 15 is 0 Å². The third-order valence-corrected chi connectivity index (χ3v) is 2.85. The Morgan fingerprint density at radius 2 is 2.29 bits per heavy atom. The second kappa shape index (κ2) is 4.89. The molecule has 90 valence electrons. The van der Waals surface area contributed by atoms with Crippen LogP contribution in [0, 0.1) is 0 Å². The van der Waals surface area contributed by atoms with Crippen molar-refractivity contribution in [3.05, 3.63) is 34.5 Å². The first-order chi connectivity index (χ1) is 8.10. The summed E-state index contributed by atoms with van der Waals surface area (Å²) in [4.78, 5) is 11.7. The summed E-state index contributed by atoms with van der Waals surface area (Å²) in [5, 5.41) is 12.3. The zero-order valence-electron chi connectivity index (χ0n) is 9.24. The van der Waals surface area contributed by atoms with Crippen LogP contribution in [0.1, 0.15) is 17.5 Å². The topological polar surface area (TPSA) is 62.5 Å². The lowest BCUT2D eigenvalue weighted by atomic mass is 10.2. The number of carbonyl (C=O) groups is 1. The Morgan fingerprint density at radius 3 is 3.00 bits per heavy atom. The van der Waals surface area contributed by atoms with Crippen molar-refractivity contribution in [2.75, 3.05) is 6.61 Å². The normalized spacial score (nSPS) is 12.6. The summed E-state index contributed by atoms with van der Waals surface area (Å²) in [5.74, 6) is -0.0720. The lowest BCUT2D eigenvalue weighted by molar-refractivity contribution is 0.0896. The number of furan rings is 1. The zero-order valence-corrected chi connectivity index (χ0v) is 10.8. The Bertz CT molecular complexity index is 550. The lowest BCUT2D eigenvalue weighted by Crippen LogP contribution is -2.34. The van der Waals surface area contributed by atoms with Gasteiger partial charge in [-0.3, -0.25) is 4.79 Å². The molecule has 1 aromatic carbocycles. The number of carbonyl (C=O) groups excluding carboxylic acids is 1. The van der Waals surface area contributed by atoms with Gasteiger partial charge in [-0.25, -0.2) is 0 Å². The maximum atomic E-state index is 11.7. The summed E-state index contributed by atoms with van der Waals surface area (Å²) in [6.07, 6.45) is 0. The van der Waals surface area contributed by atoms with Gasteiger partial charge in [0.2, 0.25) is 0 Å². The standard InChI is InChI=1S/C12H12BrNO3/c1-7(6-15)14-12(16)11-5-8-4-9(13)2-3-10(8)17-11/h2-5,7,15H,6H2,1H3,(H,14,16)/t7-/m1/s1. The molecule has 0 saturated heterocycles. The monoisotopic (exact) mass is 297 g/mol. The third-order valence-electron chi connectivity index (χ3n) is 2.35. The molecule has 0 aliphatic heterocycles. The highest BCUT2D eigenvalue weighted by Crippen LogP contribution is 2.23. The molecule has 0 aliphatic rings. The molecule has 0 radical (unpaired) electrons. The molecular formula is C12H12BrNO3. The second-order valence-electron chi connectivity index (χ2n) is 3.85. The molecule has 0 aliphatic carbocycles. The van der Waals surface area contributed by atoms with Crippen molar-refractivity contribution in [2.45, 2.75) is 13.0 Å². The Balaban J connectivity index is 2.27. The average Bonchev–Trinajstić information content (AvgIpc) is 2.71. The molecule has 1 heterocycles. The summed E-state index contributed by atoms with van der Waals surface area (Å²) in [6.45, 7) is 1.62. The van der Waals surface area contributed by atoms with E-state index in [1.807, 2.05) is 12.1 Å². The molecule has 1 aromatic heterocycles. The molecule has 0 fully saturated rings. The number of amides is 1. The van der Waals surface area contributed by atoms with E-state index in [4.69, 9.17) is 9.52 Å². The van der Waals surface area contributed by atoms with Gasteiger partial charge in [0, 0.05) is 15.9 Å². The van der Waals surface area contributed by atoms with Gasteiger partial charge in [-0.15, -0.1) is 0 Å². The molecule has 0 spiro atoms. The SMILES string of the molecule is C[C@H](CO)NC(=O)c1cc2cc(Br)ccc2o1. The maximum Gasteiger partial charge on any atom is 0.287 e. The van der Waals surface area contributed by atoms with Crippen LogP contribution in [-0.2, 0) is 0 Å². The Morgan fingerprint density at radius 1 is 1.53 bits per heavy atom. The van der Waals surface area contributed by atoms with E-state index in [0.29, 0.717) is 5.58 Å². The molecule has 2 aromatic rings. The first-order valence-corrected chi connectivity index (χ1v) is 6.00. The molecule has 17 heavy (non-hydrogen) atoms. The fourth-order valence-corrected chi connectivity index (χ4v) is 1.85. The van der Waals surface area contributed by atoms with Crippen LogP contribution in [0.5, 0.6) is 0 Å². The van der Waals surface area contributed by atoms with Crippen LogP contribution in [0.25, 0.3) is 11.0 Å². The van der Waals surface area contributed by atoms with Crippen LogP contribution in [0.15, 0.2) is 33.2 Å². The van der Waals surface area contributed by atoms with Crippen LogP contribution in [0.2, 0.25) is 0 Å². The number of hydrogen-bond donors (Lipinski definition) is 2. The maximum absolute atomic E-state index is 11.7. The number of halogens is 1. The van der Waals surface area contributed by atoms with Crippen molar-refractivity contribution >= 4 is 32.8 Å². The van der Waals surface area contributed by atoms with E-state index < -0.39 is 0 Å². The number of benzene rings is 1. The minimum atomic E-state index is -0.320. The largest absolute Gasteiger partial charge is 0.451 e. The fourth-order valence-electron chi connectivity index (χ4n) is 1.47. The Kier molecular flexibility index (Phi) is 3.49. The van der Waals surface area contributed by atoms with E-state index in [9.17, 15) is 4.79 Å². The number of nitrogens with one attached hydrogen (secondary N) is 1. The number of hydrogen-bond acceptors (Lipinski definition) is 3. The van der Waals surface area contributed by atoms with Crippen molar-refractivity contribution in [1.82, 2.24) is 5.32 Å². The number of aliphatic hydroxyl groups is 1. The first-order valence-electron chi connectivity index (χ1n) is 5.21. The molecule has 2 rings (SSSR count). The van der Waals surface area contributed by atoms with Gasteiger partial charge in [0.05, 0.1) is 6.61 Å². The molecular weight excluding hydrogens is 286 g/mol. The van der Waals surface area contributed by atoms with Gasteiger partial charge in [0.1, 0.15) is 5.58 Å². The number of fused-ring (bicyclic) bond motifs is 1. The smallest absolute Gasteiger partial charge is 0.287 e. The minimum Gasteiger partial charge on any atom is -0.451 e. The van der Waals surface area contributed by atoms with Crippen molar-refractivity contribution in [2.24, 2.45) is 0 Å². The van der Waals surface area contributed by atoms with Gasteiger partial charge in [-0.2, -0.15) is 0 Å². The Hall–Kier alpha value is -1.33. The molecule has 1 amide bonds. The fraction of sp³-hybridized carbons (Fsp3) is 0.250. The summed E-state index contributed by atoms with van der Waals surface area (Å²) < 4.78 is 6.35. The number of aliphatic hydroxyl groups excluding tert-OH is 1. The van der Waals surface area contributed by atoms with Crippen molar-refractivity contribution < 1.29 is 14.3 Å². The van der Waals surface area contributed by atoms with Crippen LogP contribution >= 0.6 is 15.9 Å². The van der Waals surface area contributed by atoms with Crippen LogP contribution in [0.3, 0.4) is 0 Å². The molecule has 1 atom stereocenters. The van der Waals surface area contributed by atoms with Gasteiger partial charge in [0.25, 0.3) is 5.91 Å². The first kappa shape index (κ1) is 12.1. The van der Waals surface area contributed by atoms with E-state index in [2.05, 4.69) is 21.2 Å². The zero-order chi connectivity index (χ0) is 12.4. The highest BCUT2D eigenvalue weighted by Gasteiger charge is 2.14. The predicted molar refractivity (Wildman–Crippen MR) is 67.9 cm³/mol. The average molecular weight is 298 g/mol. The van der Waals surface area contributed by atoms with Gasteiger partial charge in [-0.1, -0.05) is 15.9 Å². The van der Waals surface area contributed by atoms with Crippen molar-refractivity contribution in [3.8, 4) is 0 Å². The molecule has 5 heteroatoms. The number of rotatable bonds is 3. The summed E-state index contributed by atoms with van der Waals surface area (Å²) in [5.41, 5.74) is 0.662. The Labute approximate surface area is 107 Å². The molecule has 0 saturated carbocycles. The minimum absolute atomic E-state index is 0.0997. The van der Waals surface area contributed by atoms with E-state index in [-0.39, 0.29) is 24.3 Å². The third kappa shape index (κ3) is 2.68. The van der Waals surface area contributed by atoms with Crippen LogP contribution < -0.4 is 5.32 Å². The molecule has 0 bridgehead atoms. The van der Waals surface area contributed by atoms with E-state index in [0.717, 1.165) is 9.86 Å². The van der Waals surface area contributed by atoms with Gasteiger partial charge in [0.15, 0.2) is 5.76 Å². The van der Waals surface area contributed by atoms with Crippen LogP contribution in [-0.4, -0.2) is 23.7 Å². The van der Waals surface area contributed by atoms with Crippen molar-refractivity contribution in [3.63, 3.8) is 0 Å². The highest BCUT2D eigenvalue weighted by molar-refractivity contribution is 9.10. The van der Waals surface area contributed by atoms with E-state index in [1.165, 1.54) is 0 Å². The van der Waals surface area contributed by atoms with Gasteiger partial charge in [-0.05, 0) is 31.2 Å². The summed E-state index contributed by atoms with van der Waals surface area (Å²) >= 11 is 3.35. The van der Waals surface area contributed by atoms with Gasteiger partial charge < -0.3 is 14.8 Å².